The Morgan fingerprint density at radius 3 is 2.78 bits per heavy atom. The van der Waals surface area contributed by atoms with Gasteiger partial charge in [0.25, 0.3) is 0 Å². The van der Waals surface area contributed by atoms with Crippen molar-refractivity contribution in [1.82, 2.24) is 5.32 Å². The number of hydrogen-bond acceptors (Lipinski definition) is 1. The summed E-state index contributed by atoms with van der Waals surface area (Å²) >= 11 is 0. The van der Waals surface area contributed by atoms with Crippen LogP contribution >= 0.6 is 0 Å². The Morgan fingerprint density at radius 2 is 2.00 bits per heavy atom. The van der Waals surface area contributed by atoms with Gasteiger partial charge in [0.05, 0.1) is 0 Å². The zero-order chi connectivity index (χ0) is 13.0. The molecular weight excluding hydrogens is 225 g/mol. The molecule has 0 saturated heterocycles. The number of hydrogen-bond donors (Lipinski definition) is 1. The summed E-state index contributed by atoms with van der Waals surface area (Å²) in [6.07, 6.45) is 6.69. The van der Waals surface area contributed by atoms with Crippen molar-refractivity contribution in [3.63, 3.8) is 0 Å². The Balaban J connectivity index is 1.91. The molecule has 2 unspecified atom stereocenters. The Morgan fingerprint density at radius 1 is 1.22 bits per heavy atom. The van der Waals surface area contributed by atoms with E-state index in [0.29, 0.717) is 6.04 Å². The quantitative estimate of drug-likeness (QED) is 0.792. The van der Waals surface area contributed by atoms with Gasteiger partial charge in [-0.2, -0.15) is 0 Å². The molecule has 0 bridgehead atoms. The number of aryl methyl sites for hydroxylation is 1. The molecule has 0 spiro atoms. The van der Waals surface area contributed by atoms with Crippen LogP contribution in [-0.2, 0) is 6.54 Å². The summed E-state index contributed by atoms with van der Waals surface area (Å²) in [5.41, 5.74) is 1.92. The minimum Gasteiger partial charge on any atom is -0.310 e. The number of nitrogens with one attached hydrogen (secondary N) is 1. The van der Waals surface area contributed by atoms with Gasteiger partial charge in [0.1, 0.15) is 5.82 Å². The maximum Gasteiger partial charge on any atom is 0.126 e. The average Bonchev–Trinajstić information content (AvgIpc) is 2.56. The minimum absolute atomic E-state index is 0.110. The number of halogens is 1. The third kappa shape index (κ3) is 3.55. The van der Waals surface area contributed by atoms with E-state index in [1.807, 2.05) is 19.1 Å². The first-order valence-corrected chi connectivity index (χ1v) is 7.15. The lowest BCUT2D eigenvalue weighted by Crippen LogP contribution is -2.33. The van der Waals surface area contributed by atoms with E-state index in [0.717, 1.165) is 18.0 Å². The van der Waals surface area contributed by atoms with E-state index in [-0.39, 0.29) is 5.82 Å². The Bertz CT molecular complexity index is 389. The third-order valence-corrected chi connectivity index (χ3v) is 4.15. The van der Waals surface area contributed by atoms with Gasteiger partial charge in [0, 0.05) is 12.6 Å². The van der Waals surface area contributed by atoms with Crippen molar-refractivity contribution in [2.75, 3.05) is 0 Å². The van der Waals surface area contributed by atoms with Crippen molar-refractivity contribution < 1.29 is 4.39 Å². The van der Waals surface area contributed by atoms with E-state index in [1.165, 1.54) is 37.7 Å². The molecule has 100 valence electrons. The monoisotopic (exact) mass is 249 g/mol. The van der Waals surface area contributed by atoms with E-state index in [9.17, 15) is 4.39 Å². The minimum atomic E-state index is -0.110. The second kappa shape index (κ2) is 6.33. The van der Waals surface area contributed by atoms with Crippen LogP contribution in [-0.4, -0.2) is 6.04 Å². The summed E-state index contributed by atoms with van der Waals surface area (Å²) < 4.78 is 13.2. The summed E-state index contributed by atoms with van der Waals surface area (Å²) in [4.78, 5) is 0. The molecule has 1 fully saturated rings. The zero-order valence-corrected chi connectivity index (χ0v) is 11.5. The molecule has 2 atom stereocenters. The topological polar surface area (TPSA) is 12.0 Å². The number of benzene rings is 1. The Kier molecular flexibility index (Phi) is 4.76. The fraction of sp³-hybridized carbons (Fsp3) is 0.625. The first-order chi connectivity index (χ1) is 8.66. The molecule has 2 rings (SSSR count). The zero-order valence-electron chi connectivity index (χ0n) is 11.5. The molecule has 18 heavy (non-hydrogen) atoms. The van der Waals surface area contributed by atoms with E-state index in [1.54, 1.807) is 6.07 Å². The van der Waals surface area contributed by atoms with Crippen LogP contribution in [0, 0.1) is 18.7 Å². The highest BCUT2D eigenvalue weighted by Gasteiger charge is 2.19. The lowest BCUT2D eigenvalue weighted by molar-refractivity contribution is 0.356. The van der Waals surface area contributed by atoms with Crippen LogP contribution in [0.2, 0.25) is 0 Å². The molecule has 1 aromatic rings. The van der Waals surface area contributed by atoms with Gasteiger partial charge in [-0.05, 0) is 42.9 Å². The van der Waals surface area contributed by atoms with Crippen LogP contribution in [0.4, 0.5) is 4.39 Å². The van der Waals surface area contributed by atoms with Crippen molar-refractivity contribution in [2.45, 2.75) is 58.5 Å². The lowest BCUT2D eigenvalue weighted by atomic mass is 9.96. The van der Waals surface area contributed by atoms with E-state index in [4.69, 9.17) is 0 Å². The van der Waals surface area contributed by atoms with Crippen LogP contribution in [0.25, 0.3) is 0 Å². The van der Waals surface area contributed by atoms with Crippen molar-refractivity contribution in [2.24, 2.45) is 5.92 Å². The molecule has 0 heterocycles. The molecule has 1 aliphatic carbocycles. The smallest absolute Gasteiger partial charge is 0.126 e. The van der Waals surface area contributed by atoms with Gasteiger partial charge in [-0.3, -0.25) is 0 Å². The van der Waals surface area contributed by atoms with Crippen LogP contribution in [0.3, 0.4) is 0 Å². The molecular formula is C16H24FN. The molecule has 0 aliphatic heterocycles. The standard InChI is InChI=1S/C16H24FN/c1-12-6-4-3-5-7-16(12)18-11-14-8-9-15(17)13(2)10-14/h8-10,12,16,18H,3-7,11H2,1-2H3. The maximum atomic E-state index is 13.2. The van der Waals surface area contributed by atoms with Crippen molar-refractivity contribution in [1.29, 1.82) is 0 Å². The Hall–Kier alpha value is -0.890. The van der Waals surface area contributed by atoms with Crippen molar-refractivity contribution >= 4 is 0 Å². The normalized spacial score (nSPS) is 24.8. The summed E-state index contributed by atoms with van der Waals surface area (Å²) in [6, 6.07) is 6.03. The Labute approximate surface area is 110 Å². The van der Waals surface area contributed by atoms with Gasteiger partial charge in [-0.25, -0.2) is 4.39 Å². The van der Waals surface area contributed by atoms with Crippen LogP contribution in [0.5, 0.6) is 0 Å². The second-order valence-corrected chi connectivity index (χ2v) is 5.69. The molecule has 2 heteroatoms. The molecule has 1 aliphatic rings. The van der Waals surface area contributed by atoms with Crippen LogP contribution in [0.15, 0.2) is 18.2 Å². The average molecular weight is 249 g/mol. The molecule has 1 aromatic carbocycles. The molecule has 1 N–H and O–H groups in total. The maximum absolute atomic E-state index is 13.2. The first-order valence-electron chi connectivity index (χ1n) is 7.15. The first kappa shape index (κ1) is 13.5. The highest BCUT2D eigenvalue weighted by molar-refractivity contribution is 5.23. The van der Waals surface area contributed by atoms with E-state index < -0.39 is 0 Å². The van der Waals surface area contributed by atoms with Gasteiger partial charge >= 0.3 is 0 Å². The highest BCUT2D eigenvalue weighted by Crippen LogP contribution is 2.23. The predicted octanol–water partition coefficient (Wildman–Crippen LogP) is 4.19. The van der Waals surface area contributed by atoms with Crippen molar-refractivity contribution in [3.05, 3.63) is 35.1 Å². The van der Waals surface area contributed by atoms with Crippen LogP contribution < -0.4 is 5.32 Å². The van der Waals surface area contributed by atoms with E-state index >= 15 is 0 Å². The van der Waals surface area contributed by atoms with Crippen molar-refractivity contribution in [3.8, 4) is 0 Å². The van der Waals surface area contributed by atoms with Gasteiger partial charge in [-0.15, -0.1) is 0 Å². The van der Waals surface area contributed by atoms with Crippen LogP contribution in [0.1, 0.15) is 50.2 Å². The molecule has 1 nitrogen and oxygen atoms in total. The summed E-state index contributed by atoms with van der Waals surface area (Å²) in [5.74, 6) is 0.649. The molecule has 1 saturated carbocycles. The fourth-order valence-corrected chi connectivity index (χ4v) is 2.86. The summed E-state index contributed by atoms with van der Waals surface area (Å²) in [6.45, 7) is 5.03. The largest absolute Gasteiger partial charge is 0.310 e. The summed E-state index contributed by atoms with van der Waals surface area (Å²) in [5, 5.41) is 3.65. The third-order valence-electron chi connectivity index (χ3n) is 4.15. The summed E-state index contributed by atoms with van der Waals surface area (Å²) in [7, 11) is 0. The molecule has 0 radical (unpaired) electrons. The SMILES string of the molecule is Cc1cc(CNC2CCCCCC2C)ccc1F. The van der Waals surface area contributed by atoms with Gasteiger partial charge in [0.2, 0.25) is 0 Å². The number of rotatable bonds is 3. The second-order valence-electron chi connectivity index (χ2n) is 5.69. The molecule has 0 amide bonds. The van der Waals surface area contributed by atoms with E-state index in [2.05, 4.69) is 12.2 Å². The van der Waals surface area contributed by atoms with Gasteiger partial charge in [-0.1, -0.05) is 38.3 Å². The van der Waals surface area contributed by atoms with Gasteiger partial charge in [0.15, 0.2) is 0 Å². The predicted molar refractivity (Wildman–Crippen MR) is 74.0 cm³/mol. The fourth-order valence-electron chi connectivity index (χ4n) is 2.86. The van der Waals surface area contributed by atoms with Gasteiger partial charge < -0.3 is 5.32 Å². The lowest BCUT2D eigenvalue weighted by Gasteiger charge is -2.23. The molecule has 0 aromatic heterocycles. The highest BCUT2D eigenvalue weighted by atomic mass is 19.1.